The number of hydrogen-bond acceptors (Lipinski definition) is 4. The molecule has 1 rings (SSSR count). The second-order valence-electron chi connectivity index (χ2n) is 2.62. The zero-order valence-corrected chi connectivity index (χ0v) is 7.52. The number of aldehydes is 1. The van der Waals surface area contributed by atoms with E-state index in [1.54, 1.807) is 0 Å². The highest BCUT2D eigenvalue weighted by Gasteiger charge is 2.35. The van der Waals surface area contributed by atoms with E-state index in [-0.39, 0.29) is 6.29 Å². The molecular formula is C8H4F3NO4. The van der Waals surface area contributed by atoms with E-state index in [1.165, 1.54) is 0 Å². The maximum atomic E-state index is 11.9. The summed E-state index contributed by atoms with van der Waals surface area (Å²) in [5.74, 6) is -1.10. The predicted molar refractivity (Wildman–Crippen MR) is 45.2 cm³/mol. The molecule has 1 aromatic rings. The largest absolute Gasteiger partial charge is 0.573 e. The van der Waals surface area contributed by atoms with Crippen molar-refractivity contribution in [3.8, 4) is 5.75 Å². The van der Waals surface area contributed by atoms with E-state index < -0.39 is 28.3 Å². The van der Waals surface area contributed by atoms with Gasteiger partial charge >= 0.3 is 12.0 Å². The van der Waals surface area contributed by atoms with Gasteiger partial charge in [0.2, 0.25) is 5.75 Å². The van der Waals surface area contributed by atoms with E-state index in [0.717, 1.165) is 18.2 Å². The lowest BCUT2D eigenvalue weighted by Gasteiger charge is -2.10. The van der Waals surface area contributed by atoms with Crippen molar-refractivity contribution in [3.05, 3.63) is 33.9 Å². The van der Waals surface area contributed by atoms with Gasteiger partial charge in [0.1, 0.15) is 0 Å². The van der Waals surface area contributed by atoms with Gasteiger partial charge in [0.05, 0.1) is 10.5 Å². The van der Waals surface area contributed by atoms with Crippen LogP contribution in [0.3, 0.4) is 0 Å². The average molecular weight is 235 g/mol. The van der Waals surface area contributed by atoms with E-state index in [1.807, 2.05) is 0 Å². The Balaban J connectivity index is 3.30. The Morgan fingerprint density at radius 1 is 1.38 bits per heavy atom. The highest BCUT2D eigenvalue weighted by atomic mass is 19.4. The SMILES string of the molecule is O=Cc1cccc([N+](=O)[O-])c1OC(F)(F)F. The number of benzene rings is 1. The number of rotatable bonds is 3. The van der Waals surface area contributed by atoms with Crippen LogP contribution < -0.4 is 4.74 Å². The van der Waals surface area contributed by atoms with Gasteiger partial charge in [0.15, 0.2) is 6.29 Å². The summed E-state index contributed by atoms with van der Waals surface area (Å²) in [7, 11) is 0. The molecule has 86 valence electrons. The van der Waals surface area contributed by atoms with Crippen LogP contribution in [0.4, 0.5) is 18.9 Å². The van der Waals surface area contributed by atoms with Gasteiger partial charge in [0, 0.05) is 6.07 Å². The predicted octanol–water partition coefficient (Wildman–Crippen LogP) is 2.31. The summed E-state index contributed by atoms with van der Waals surface area (Å²) in [5, 5.41) is 10.4. The molecule has 0 radical (unpaired) electrons. The summed E-state index contributed by atoms with van der Waals surface area (Å²) in [5.41, 5.74) is -1.45. The van der Waals surface area contributed by atoms with Crippen LogP contribution in [-0.4, -0.2) is 17.6 Å². The van der Waals surface area contributed by atoms with Crippen LogP contribution in [0.1, 0.15) is 10.4 Å². The van der Waals surface area contributed by atoms with Crippen molar-refractivity contribution in [2.24, 2.45) is 0 Å². The molecule has 0 aliphatic heterocycles. The lowest BCUT2D eigenvalue weighted by molar-refractivity contribution is -0.388. The summed E-state index contributed by atoms with van der Waals surface area (Å²) < 4.78 is 39.3. The van der Waals surface area contributed by atoms with Crippen LogP contribution >= 0.6 is 0 Å². The second kappa shape index (κ2) is 4.17. The molecule has 0 fully saturated rings. The normalized spacial score (nSPS) is 10.9. The number of ether oxygens (including phenoxy) is 1. The van der Waals surface area contributed by atoms with Crippen LogP contribution in [0.2, 0.25) is 0 Å². The molecule has 16 heavy (non-hydrogen) atoms. The maximum absolute atomic E-state index is 11.9. The van der Waals surface area contributed by atoms with E-state index >= 15 is 0 Å². The summed E-state index contributed by atoms with van der Waals surface area (Å²) >= 11 is 0. The smallest absolute Gasteiger partial charge is 0.398 e. The van der Waals surface area contributed by atoms with Gasteiger partial charge < -0.3 is 4.74 Å². The number of hydrogen-bond donors (Lipinski definition) is 0. The van der Waals surface area contributed by atoms with Gasteiger partial charge in [-0.2, -0.15) is 0 Å². The van der Waals surface area contributed by atoms with Crippen molar-refractivity contribution in [2.75, 3.05) is 0 Å². The third-order valence-corrected chi connectivity index (χ3v) is 1.57. The third kappa shape index (κ3) is 2.69. The first-order valence-corrected chi connectivity index (χ1v) is 3.83. The minimum atomic E-state index is -5.09. The fraction of sp³-hybridized carbons (Fsp3) is 0.125. The van der Waals surface area contributed by atoms with Crippen molar-refractivity contribution >= 4 is 12.0 Å². The van der Waals surface area contributed by atoms with Gasteiger partial charge in [0.25, 0.3) is 0 Å². The van der Waals surface area contributed by atoms with E-state index in [9.17, 15) is 28.1 Å². The highest BCUT2D eigenvalue weighted by Crippen LogP contribution is 2.34. The Hall–Kier alpha value is -2.12. The molecule has 0 bridgehead atoms. The number of alkyl halides is 3. The van der Waals surface area contributed by atoms with Gasteiger partial charge in [-0.1, -0.05) is 6.07 Å². The molecule has 0 aliphatic rings. The molecule has 0 amide bonds. The van der Waals surface area contributed by atoms with Crippen LogP contribution in [0.25, 0.3) is 0 Å². The van der Waals surface area contributed by atoms with Crippen LogP contribution in [-0.2, 0) is 0 Å². The van der Waals surface area contributed by atoms with Gasteiger partial charge in [-0.15, -0.1) is 13.2 Å². The number of nitro benzene ring substituents is 1. The first kappa shape index (κ1) is 12.0. The van der Waals surface area contributed by atoms with Crippen LogP contribution in [0, 0.1) is 10.1 Å². The topological polar surface area (TPSA) is 69.4 Å². The molecule has 0 N–H and O–H groups in total. The molecule has 0 aliphatic carbocycles. The number of halogens is 3. The minimum absolute atomic E-state index is 0.0497. The molecule has 0 saturated heterocycles. The van der Waals surface area contributed by atoms with E-state index in [2.05, 4.69) is 4.74 Å². The fourth-order valence-electron chi connectivity index (χ4n) is 1.01. The molecule has 0 atom stereocenters. The lowest BCUT2D eigenvalue weighted by Crippen LogP contribution is -2.19. The van der Waals surface area contributed by atoms with Crippen LogP contribution in [0.15, 0.2) is 18.2 Å². The zero-order valence-electron chi connectivity index (χ0n) is 7.52. The number of nitro groups is 1. The standard InChI is InChI=1S/C8H4F3NO4/c9-8(10,11)16-7-5(4-13)2-1-3-6(7)12(14)15/h1-4H. The molecule has 0 unspecified atom stereocenters. The molecule has 8 heteroatoms. The Bertz CT molecular complexity index is 430. The first-order chi connectivity index (χ1) is 7.35. The number of carbonyl (C=O) groups excluding carboxylic acids is 1. The second-order valence-corrected chi connectivity index (χ2v) is 2.62. The van der Waals surface area contributed by atoms with E-state index in [0.29, 0.717) is 0 Å². The van der Waals surface area contributed by atoms with Crippen molar-refractivity contribution < 1.29 is 27.6 Å². The number of para-hydroxylation sites is 1. The van der Waals surface area contributed by atoms with E-state index in [4.69, 9.17) is 0 Å². The highest BCUT2D eigenvalue weighted by molar-refractivity contribution is 5.82. The summed E-state index contributed by atoms with van der Waals surface area (Å²) in [4.78, 5) is 19.8. The molecule has 5 nitrogen and oxygen atoms in total. The third-order valence-electron chi connectivity index (χ3n) is 1.57. The monoisotopic (exact) mass is 235 g/mol. The molecule has 1 aromatic carbocycles. The first-order valence-electron chi connectivity index (χ1n) is 3.83. The molecule has 0 aromatic heterocycles. The van der Waals surface area contributed by atoms with Crippen molar-refractivity contribution in [3.63, 3.8) is 0 Å². The Kier molecular flexibility index (Phi) is 3.11. The summed E-state index contributed by atoms with van der Waals surface area (Å²) in [6.07, 6.45) is -5.04. The van der Waals surface area contributed by atoms with Crippen molar-refractivity contribution in [2.45, 2.75) is 6.36 Å². The number of carbonyl (C=O) groups is 1. The lowest BCUT2D eigenvalue weighted by atomic mass is 10.2. The molecule has 0 spiro atoms. The van der Waals surface area contributed by atoms with Gasteiger partial charge in [-0.3, -0.25) is 14.9 Å². The summed E-state index contributed by atoms with van der Waals surface area (Å²) in [6, 6.07) is 2.89. The number of nitrogens with zero attached hydrogens (tertiary/aromatic N) is 1. The van der Waals surface area contributed by atoms with Crippen molar-refractivity contribution in [1.29, 1.82) is 0 Å². The Morgan fingerprint density at radius 2 is 2.00 bits per heavy atom. The fourth-order valence-corrected chi connectivity index (χ4v) is 1.01. The molecule has 0 saturated carbocycles. The Morgan fingerprint density at radius 3 is 2.44 bits per heavy atom. The van der Waals surface area contributed by atoms with Gasteiger partial charge in [-0.05, 0) is 6.07 Å². The van der Waals surface area contributed by atoms with Crippen LogP contribution in [0.5, 0.6) is 5.75 Å². The molecule has 0 heterocycles. The maximum Gasteiger partial charge on any atom is 0.573 e. The quantitative estimate of drug-likeness (QED) is 0.458. The minimum Gasteiger partial charge on any atom is -0.398 e. The van der Waals surface area contributed by atoms with Crippen molar-refractivity contribution in [1.82, 2.24) is 0 Å². The van der Waals surface area contributed by atoms with Gasteiger partial charge in [-0.25, -0.2) is 0 Å². The average Bonchev–Trinajstić information content (AvgIpc) is 2.15. The summed E-state index contributed by atoms with van der Waals surface area (Å²) in [6.45, 7) is 0. The Labute approximate surface area is 86.6 Å². The zero-order chi connectivity index (χ0) is 12.3. The molecular weight excluding hydrogens is 231 g/mol.